The standard InChI is InChI=1S/C24H26N2O6.ClH/c1-29-18-11-14(12-19(30-2)22(18)31-3)20-16-7-5-6-8-17(16)23(27)26(15-9-10-25-13-15)21(20)24(28)32-4;/h5-8,11-12,15,25H,9-10,13H2,1-4H3;1H. The average Bonchev–Trinajstić information content (AvgIpc) is 3.36. The van der Waals surface area contributed by atoms with Gasteiger partial charge in [-0.15, -0.1) is 12.4 Å². The van der Waals surface area contributed by atoms with E-state index in [1.807, 2.05) is 18.2 Å². The quantitative estimate of drug-likeness (QED) is 0.547. The molecule has 1 aliphatic rings. The maximum Gasteiger partial charge on any atom is 0.355 e. The van der Waals surface area contributed by atoms with Gasteiger partial charge in [0.05, 0.1) is 34.5 Å². The van der Waals surface area contributed by atoms with Crippen LogP contribution in [0.3, 0.4) is 0 Å². The van der Waals surface area contributed by atoms with Gasteiger partial charge in [-0.3, -0.25) is 9.36 Å². The van der Waals surface area contributed by atoms with Crippen LogP contribution in [-0.2, 0) is 4.74 Å². The second-order valence-electron chi connectivity index (χ2n) is 7.50. The highest BCUT2D eigenvalue weighted by atomic mass is 35.5. The normalized spacial score (nSPS) is 15.1. The van der Waals surface area contributed by atoms with Gasteiger partial charge in [-0.05, 0) is 42.1 Å². The third-order valence-electron chi connectivity index (χ3n) is 5.85. The monoisotopic (exact) mass is 474 g/mol. The highest BCUT2D eigenvalue weighted by Gasteiger charge is 2.30. The second-order valence-corrected chi connectivity index (χ2v) is 7.50. The number of methoxy groups -OCH3 is 4. The Morgan fingerprint density at radius 3 is 2.15 bits per heavy atom. The number of ether oxygens (including phenoxy) is 4. The SMILES string of the molecule is COC(=O)c1c(-c2cc(OC)c(OC)c(OC)c2)c2ccccc2c(=O)n1C1CCNC1.Cl. The Morgan fingerprint density at radius 2 is 1.64 bits per heavy atom. The van der Waals surface area contributed by atoms with E-state index in [-0.39, 0.29) is 29.7 Å². The minimum Gasteiger partial charge on any atom is -0.493 e. The van der Waals surface area contributed by atoms with Crippen LogP contribution in [0.25, 0.3) is 21.9 Å². The van der Waals surface area contributed by atoms with Gasteiger partial charge in [0, 0.05) is 17.5 Å². The van der Waals surface area contributed by atoms with E-state index in [9.17, 15) is 9.59 Å². The van der Waals surface area contributed by atoms with Gasteiger partial charge in [0.1, 0.15) is 5.69 Å². The summed E-state index contributed by atoms with van der Waals surface area (Å²) in [5, 5.41) is 4.44. The molecule has 0 radical (unpaired) electrons. The summed E-state index contributed by atoms with van der Waals surface area (Å²) in [5.41, 5.74) is 1.22. The molecule has 1 unspecified atom stereocenters. The van der Waals surface area contributed by atoms with Crippen molar-refractivity contribution >= 4 is 29.1 Å². The maximum atomic E-state index is 13.5. The van der Waals surface area contributed by atoms with Crippen molar-refractivity contribution in [3.05, 3.63) is 52.4 Å². The van der Waals surface area contributed by atoms with Gasteiger partial charge in [-0.25, -0.2) is 4.79 Å². The summed E-state index contributed by atoms with van der Waals surface area (Å²) < 4.78 is 23.3. The lowest BCUT2D eigenvalue weighted by Gasteiger charge is -2.23. The molecule has 2 aromatic carbocycles. The van der Waals surface area contributed by atoms with Crippen LogP contribution in [0.1, 0.15) is 23.0 Å². The molecule has 1 N–H and O–H groups in total. The summed E-state index contributed by atoms with van der Waals surface area (Å²) in [4.78, 5) is 26.7. The van der Waals surface area contributed by atoms with Crippen LogP contribution in [-0.4, -0.2) is 52.1 Å². The molecule has 0 bridgehead atoms. The van der Waals surface area contributed by atoms with Crippen LogP contribution in [0, 0.1) is 0 Å². The molecule has 3 aromatic rings. The van der Waals surface area contributed by atoms with Gasteiger partial charge in [-0.2, -0.15) is 0 Å². The molecule has 0 saturated carbocycles. The molecule has 4 rings (SSSR count). The van der Waals surface area contributed by atoms with Crippen molar-refractivity contribution in [2.45, 2.75) is 12.5 Å². The number of aromatic nitrogens is 1. The number of nitrogens with one attached hydrogen (secondary N) is 1. The number of nitrogens with zero attached hydrogens (tertiary/aromatic N) is 1. The van der Waals surface area contributed by atoms with E-state index in [1.54, 1.807) is 22.8 Å². The van der Waals surface area contributed by atoms with E-state index in [4.69, 9.17) is 18.9 Å². The molecule has 9 heteroatoms. The number of esters is 1. The highest BCUT2D eigenvalue weighted by molar-refractivity contribution is 6.07. The number of carbonyl (C=O) groups excluding carboxylic acids is 1. The first-order chi connectivity index (χ1) is 15.5. The molecule has 1 atom stereocenters. The molecular weight excluding hydrogens is 448 g/mol. The van der Waals surface area contributed by atoms with Gasteiger partial charge in [0.15, 0.2) is 11.5 Å². The molecule has 2 heterocycles. The molecule has 0 spiro atoms. The van der Waals surface area contributed by atoms with E-state index >= 15 is 0 Å². The minimum atomic E-state index is -0.580. The first-order valence-electron chi connectivity index (χ1n) is 10.3. The number of fused-ring (bicyclic) bond motifs is 1. The molecule has 0 aliphatic carbocycles. The number of hydrogen-bond acceptors (Lipinski definition) is 7. The van der Waals surface area contributed by atoms with Gasteiger partial charge in [-0.1, -0.05) is 18.2 Å². The topological polar surface area (TPSA) is 88.0 Å². The van der Waals surface area contributed by atoms with E-state index in [0.29, 0.717) is 45.7 Å². The number of pyridine rings is 1. The third-order valence-corrected chi connectivity index (χ3v) is 5.85. The largest absolute Gasteiger partial charge is 0.493 e. The Bertz CT molecular complexity index is 1210. The Balaban J connectivity index is 0.00000306. The first kappa shape index (κ1) is 24.4. The van der Waals surface area contributed by atoms with Crippen molar-refractivity contribution in [2.24, 2.45) is 0 Å². The van der Waals surface area contributed by atoms with E-state index < -0.39 is 5.97 Å². The van der Waals surface area contributed by atoms with Crippen molar-refractivity contribution in [1.82, 2.24) is 9.88 Å². The van der Waals surface area contributed by atoms with Crippen LogP contribution in [0.2, 0.25) is 0 Å². The average molecular weight is 475 g/mol. The molecule has 1 saturated heterocycles. The highest BCUT2D eigenvalue weighted by Crippen LogP contribution is 2.43. The van der Waals surface area contributed by atoms with Crippen molar-refractivity contribution in [2.75, 3.05) is 41.5 Å². The van der Waals surface area contributed by atoms with Crippen LogP contribution < -0.4 is 25.1 Å². The summed E-state index contributed by atoms with van der Waals surface area (Å²) in [6.07, 6.45) is 0.733. The molecule has 0 amide bonds. The lowest BCUT2D eigenvalue weighted by atomic mass is 9.95. The zero-order chi connectivity index (χ0) is 22.8. The summed E-state index contributed by atoms with van der Waals surface area (Å²) in [5.74, 6) is 0.753. The summed E-state index contributed by atoms with van der Waals surface area (Å²) in [7, 11) is 5.91. The van der Waals surface area contributed by atoms with E-state index in [0.717, 1.165) is 13.0 Å². The Labute approximate surface area is 197 Å². The van der Waals surface area contributed by atoms with Crippen molar-refractivity contribution in [3.8, 4) is 28.4 Å². The predicted octanol–water partition coefficient (Wildman–Crippen LogP) is 3.44. The van der Waals surface area contributed by atoms with Gasteiger partial charge >= 0.3 is 5.97 Å². The zero-order valence-electron chi connectivity index (χ0n) is 19.0. The van der Waals surface area contributed by atoms with Gasteiger partial charge in [0.2, 0.25) is 5.75 Å². The fraction of sp³-hybridized carbons (Fsp3) is 0.333. The zero-order valence-corrected chi connectivity index (χ0v) is 19.8. The second kappa shape index (κ2) is 10.1. The van der Waals surface area contributed by atoms with Crippen LogP contribution >= 0.6 is 12.4 Å². The van der Waals surface area contributed by atoms with Crippen LogP contribution in [0.15, 0.2) is 41.2 Å². The molecule has 1 fully saturated rings. The van der Waals surface area contributed by atoms with Crippen LogP contribution in [0.5, 0.6) is 17.2 Å². The van der Waals surface area contributed by atoms with Crippen molar-refractivity contribution < 1.29 is 23.7 Å². The summed E-state index contributed by atoms with van der Waals surface area (Å²) in [6, 6.07) is 10.7. The molecule has 33 heavy (non-hydrogen) atoms. The first-order valence-corrected chi connectivity index (χ1v) is 10.3. The number of hydrogen-bond donors (Lipinski definition) is 1. The number of halogens is 1. The fourth-order valence-corrected chi connectivity index (χ4v) is 4.39. The van der Waals surface area contributed by atoms with E-state index in [2.05, 4.69) is 5.32 Å². The van der Waals surface area contributed by atoms with E-state index in [1.165, 1.54) is 28.4 Å². The Kier molecular flexibility index (Phi) is 7.50. The minimum absolute atomic E-state index is 0. The lowest BCUT2D eigenvalue weighted by molar-refractivity contribution is 0.0585. The van der Waals surface area contributed by atoms with Gasteiger partial charge < -0.3 is 24.3 Å². The lowest BCUT2D eigenvalue weighted by Crippen LogP contribution is -2.32. The maximum absolute atomic E-state index is 13.5. The van der Waals surface area contributed by atoms with Gasteiger partial charge in [0.25, 0.3) is 5.56 Å². The summed E-state index contributed by atoms with van der Waals surface area (Å²) in [6.45, 7) is 1.36. The number of benzene rings is 2. The molecule has 8 nitrogen and oxygen atoms in total. The van der Waals surface area contributed by atoms with Crippen LogP contribution in [0.4, 0.5) is 0 Å². The number of rotatable bonds is 6. The summed E-state index contributed by atoms with van der Waals surface area (Å²) >= 11 is 0. The smallest absolute Gasteiger partial charge is 0.355 e. The van der Waals surface area contributed by atoms with Crippen molar-refractivity contribution in [3.63, 3.8) is 0 Å². The Morgan fingerprint density at radius 1 is 1.00 bits per heavy atom. The predicted molar refractivity (Wildman–Crippen MR) is 128 cm³/mol. The fourth-order valence-electron chi connectivity index (χ4n) is 4.39. The molecular formula is C24H27ClN2O6. The third kappa shape index (κ3) is 4.12. The molecule has 1 aliphatic heterocycles. The number of carbonyl (C=O) groups is 1. The molecule has 176 valence electrons. The molecule has 1 aromatic heterocycles. The van der Waals surface area contributed by atoms with Crippen molar-refractivity contribution in [1.29, 1.82) is 0 Å². The Hall–Kier alpha value is -3.23.